The normalized spacial score (nSPS) is 9.70. The molecule has 20 heavy (non-hydrogen) atoms. The minimum Gasteiger partial charge on any atom is -0.480 e. The molecule has 1 aromatic carbocycles. The molecule has 8 heteroatoms. The van der Waals surface area contributed by atoms with Gasteiger partial charge in [-0.05, 0) is 24.6 Å². The maximum atomic E-state index is 11.5. The van der Waals surface area contributed by atoms with E-state index in [0.717, 1.165) is 10.0 Å². The number of aliphatic carboxylic acids is 1. The van der Waals surface area contributed by atoms with E-state index < -0.39 is 24.5 Å². The molecule has 0 bridgehead atoms. The number of carbonyl (C=O) groups is 3. The third-order valence-corrected chi connectivity index (χ3v) is 3.13. The number of amides is 3. The van der Waals surface area contributed by atoms with Gasteiger partial charge in [0, 0.05) is 10.2 Å². The highest BCUT2D eigenvalue weighted by Crippen LogP contribution is 2.20. The third-order valence-electron chi connectivity index (χ3n) is 2.28. The predicted molar refractivity (Wildman–Crippen MR) is 76.5 cm³/mol. The van der Waals surface area contributed by atoms with Gasteiger partial charge in [-0.1, -0.05) is 22.0 Å². The van der Waals surface area contributed by atoms with Crippen molar-refractivity contribution in [2.75, 3.05) is 18.4 Å². The molecule has 0 unspecified atom stereocenters. The Morgan fingerprint density at radius 1 is 1.20 bits per heavy atom. The number of rotatable bonds is 5. The van der Waals surface area contributed by atoms with Crippen LogP contribution < -0.4 is 16.0 Å². The van der Waals surface area contributed by atoms with Gasteiger partial charge in [-0.2, -0.15) is 0 Å². The average Bonchev–Trinajstić information content (AvgIpc) is 2.38. The van der Waals surface area contributed by atoms with Gasteiger partial charge in [-0.25, -0.2) is 4.79 Å². The van der Waals surface area contributed by atoms with Crippen LogP contribution >= 0.6 is 15.9 Å². The molecule has 1 rings (SSSR count). The van der Waals surface area contributed by atoms with Crippen molar-refractivity contribution in [3.8, 4) is 0 Å². The summed E-state index contributed by atoms with van der Waals surface area (Å²) >= 11 is 3.34. The summed E-state index contributed by atoms with van der Waals surface area (Å²) in [5.74, 6) is -1.72. The number of carbonyl (C=O) groups excluding carboxylic acids is 2. The molecule has 0 aliphatic rings. The second-order valence-electron chi connectivity index (χ2n) is 3.94. The number of carboxylic acids is 1. The number of benzene rings is 1. The average molecular weight is 344 g/mol. The van der Waals surface area contributed by atoms with Gasteiger partial charge < -0.3 is 21.1 Å². The molecule has 0 heterocycles. The number of carboxylic acid groups (broad SMARTS) is 1. The SMILES string of the molecule is Cc1ccc(NC(=O)NCC(=O)NCC(=O)O)cc1Br. The van der Waals surface area contributed by atoms with Crippen LogP contribution in [0.2, 0.25) is 0 Å². The molecule has 7 nitrogen and oxygen atoms in total. The van der Waals surface area contributed by atoms with Gasteiger partial charge >= 0.3 is 12.0 Å². The summed E-state index contributed by atoms with van der Waals surface area (Å²) in [6.45, 7) is 1.14. The van der Waals surface area contributed by atoms with E-state index in [1.165, 1.54) is 0 Å². The fourth-order valence-corrected chi connectivity index (χ4v) is 1.62. The van der Waals surface area contributed by atoms with E-state index in [9.17, 15) is 14.4 Å². The smallest absolute Gasteiger partial charge is 0.322 e. The Balaban J connectivity index is 2.38. The molecule has 0 spiro atoms. The van der Waals surface area contributed by atoms with E-state index in [-0.39, 0.29) is 6.54 Å². The molecule has 0 aliphatic heterocycles. The molecule has 0 aromatic heterocycles. The van der Waals surface area contributed by atoms with Gasteiger partial charge in [0.05, 0.1) is 6.54 Å². The van der Waals surface area contributed by atoms with Crippen LogP contribution in [-0.2, 0) is 9.59 Å². The lowest BCUT2D eigenvalue weighted by Crippen LogP contribution is -2.40. The van der Waals surface area contributed by atoms with Crippen LogP contribution in [0.15, 0.2) is 22.7 Å². The Hall–Kier alpha value is -2.09. The van der Waals surface area contributed by atoms with Crippen molar-refractivity contribution in [3.63, 3.8) is 0 Å². The van der Waals surface area contributed by atoms with Gasteiger partial charge in [0.1, 0.15) is 6.54 Å². The second kappa shape index (κ2) is 7.49. The van der Waals surface area contributed by atoms with Crippen LogP contribution in [0.4, 0.5) is 10.5 Å². The van der Waals surface area contributed by atoms with Gasteiger partial charge in [0.2, 0.25) is 5.91 Å². The Kier molecular flexibility index (Phi) is 5.98. The van der Waals surface area contributed by atoms with Crippen LogP contribution in [0.1, 0.15) is 5.56 Å². The predicted octanol–water partition coefficient (Wildman–Crippen LogP) is 1.08. The maximum Gasteiger partial charge on any atom is 0.322 e. The fraction of sp³-hybridized carbons (Fsp3) is 0.250. The van der Waals surface area contributed by atoms with Crippen LogP contribution in [0.5, 0.6) is 0 Å². The number of hydrogen-bond donors (Lipinski definition) is 4. The van der Waals surface area contributed by atoms with Crippen molar-refractivity contribution < 1.29 is 19.5 Å². The zero-order valence-electron chi connectivity index (χ0n) is 10.7. The monoisotopic (exact) mass is 343 g/mol. The van der Waals surface area contributed by atoms with E-state index in [0.29, 0.717) is 5.69 Å². The quantitative estimate of drug-likeness (QED) is 0.641. The van der Waals surface area contributed by atoms with E-state index in [2.05, 4.69) is 31.9 Å². The van der Waals surface area contributed by atoms with E-state index in [1.54, 1.807) is 12.1 Å². The molecule has 3 amide bonds. The van der Waals surface area contributed by atoms with Gasteiger partial charge in [-0.15, -0.1) is 0 Å². The standard InChI is InChI=1S/C12H14BrN3O4/c1-7-2-3-8(4-9(7)13)16-12(20)15-5-10(17)14-6-11(18)19/h2-4H,5-6H2,1H3,(H,14,17)(H,18,19)(H2,15,16,20). The maximum absolute atomic E-state index is 11.5. The highest BCUT2D eigenvalue weighted by atomic mass is 79.9. The van der Waals surface area contributed by atoms with Crippen LogP contribution in [0.25, 0.3) is 0 Å². The number of halogens is 1. The molecular weight excluding hydrogens is 330 g/mol. The van der Waals surface area contributed by atoms with Crippen molar-refractivity contribution in [2.45, 2.75) is 6.92 Å². The molecule has 0 fully saturated rings. The molecule has 0 aliphatic carbocycles. The second-order valence-corrected chi connectivity index (χ2v) is 4.80. The Labute approximate surface area is 123 Å². The summed E-state index contributed by atoms with van der Waals surface area (Å²) in [6.07, 6.45) is 0. The number of urea groups is 1. The third kappa shape index (κ3) is 5.70. The zero-order chi connectivity index (χ0) is 15.1. The number of nitrogens with one attached hydrogen (secondary N) is 3. The van der Waals surface area contributed by atoms with Crippen molar-refractivity contribution in [1.82, 2.24) is 10.6 Å². The molecule has 1 aromatic rings. The summed E-state index contributed by atoms with van der Waals surface area (Å²) in [4.78, 5) is 32.9. The van der Waals surface area contributed by atoms with Crippen molar-refractivity contribution in [1.29, 1.82) is 0 Å². The Morgan fingerprint density at radius 3 is 2.50 bits per heavy atom. The van der Waals surface area contributed by atoms with Crippen molar-refractivity contribution >= 4 is 39.5 Å². The van der Waals surface area contributed by atoms with E-state index in [4.69, 9.17) is 5.11 Å². The summed E-state index contributed by atoms with van der Waals surface area (Å²) in [6, 6.07) is 4.74. The van der Waals surface area contributed by atoms with Crippen molar-refractivity contribution in [2.24, 2.45) is 0 Å². The van der Waals surface area contributed by atoms with Gasteiger partial charge in [0.25, 0.3) is 0 Å². The number of hydrogen-bond acceptors (Lipinski definition) is 3. The van der Waals surface area contributed by atoms with Crippen molar-refractivity contribution in [3.05, 3.63) is 28.2 Å². The first-order chi connectivity index (χ1) is 9.38. The molecule has 108 valence electrons. The van der Waals surface area contributed by atoms with Crippen LogP contribution in [-0.4, -0.2) is 36.1 Å². The van der Waals surface area contributed by atoms with E-state index >= 15 is 0 Å². The highest BCUT2D eigenvalue weighted by molar-refractivity contribution is 9.10. The first kappa shape index (κ1) is 16.0. The Bertz CT molecular complexity index is 533. The molecule has 0 saturated heterocycles. The molecular formula is C12H14BrN3O4. The minimum absolute atomic E-state index is 0.299. The molecule has 4 N–H and O–H groups in total. The topological polar surface area (TPSA) is 108 Å². The zero-order valence-corrected chi connectivity index (χ0v) is 12.3. The van der Waals surface area contributed by atoms with Gasteiger partial charge in [0.15, 0.2) is 0 Å². The van der Waals surface area contributed by atoms with E-state index in [1.807, 2.05) is 13.0 Å². The Morgan fingerprint density at radius 2 is 1.90 bits per heavy atom. The molecule has 0 saturated carbocycles. The molecule has 0 atom stereocenters. The number of anilines is 1. The summed E-state index contributed by atoms with van der Waals surface area (Å²) in [5.41, 5.74) is 1.61. The molecule has 0 radical (unpaired) electrons. The summed E-state index contributed by atoms with van der Waals surface area (Å²) in [5, 5.41) is 15.4. The first-order valence-electron chi connectivity index (χ1n) is 5.68. The summed E-state index contributed by atoms with van der Waals surface area (Å²) < 4.78 is 0.856. The van der Waals surface area contributed by atoms with Crippen LogP contribution in [0.3, 0.4) is 0 Å². The lowest BCUT2D eigenvalue weighted by Gasteiger charge is -2.08. The minimum atomic E-state index is -1.15. The lowest BCUT2D eigenvalue weighted by molar-refractivity contribution is -0.137. The highest BCUT2D eigenvalue weighted by Gasteiger charge is 2.07. The van der Waals surface area contributed by atoms with Crippen LogP contribution in [0, 0.1) is 6.92 Å². The first-order valence-corrected chi connectivity index (χ1v) is 6.47. The fourth-order valence-electron chi connectivity index (χ4n) is 1.24. The van der Waals surface area contributed by atoms with Gasteiger partial charge in [-0.3, -0.25) is 9.59 Å². The number of aryl methyl sites for hydroxylation is 1. The lowest BCUT2D eigenvalue weighted by atomic mass is 10.2. The summed E-state index contributed by atoms with van der Waals surface area (Å²) in [7, 11) is 0. The largest absolute Gasteiger partial charge is 0.480 e.